The summed E-state index contributed by atoms with van der Waals surface area (Å²) >= 11 is 0. The molecule has 4 heterocycles. The van der Waals surface area contributed by atoms with Gasteiger partial charge in [0.25, 0.3) is 5.91 Å². The number of aliphatic imine (C=N–C) groups is 2. The molecule has 0 spiro atoms. The second-order valence-corrected chi connectivity index (χ2v) is 10.6. The van der Waals surface area contributed by atoms with E-state index in [9.17, 15) is 29.4 Å². The minimum atomic E-state index is -0.988. The van der Waals surface area contributed by atoms with Gasteiger partial charge < -0.3 is 20.5 Å². The van der Waals surface area contributed by atoms with E-state index in [1.807, 2.05) is 32.9 Å². The minimum Gasteiger partial charge on any atom is -0.481 e. The first kappa shape index (κ1) is 30.8. The molecule has 10 heteroatoms. The zero-order chi connectivity index (χ0) is 31.6. The predicted molar refractivity (Wildman–Crippen MR) is 165 cm³/mol. The zero-order valence-electron chi connectivity index (χ0n) is 24.6. The van der Waals surface area contributed by atoms with Crippen LogP contribution in [-0.4, -0.2) is 50.4 Å². The van der Waals surface area contributed by atoms with E-state index in [1.165, 1.54) is 0 Å². The molecular formula is C33H34N4O6. The lowest BCUT2D eigenvalue weighted by atomic mass is 9.97. The van der Waals surface area contributed by atoms with Crippen LogP contribution in [0, 0.1) is 12.8 Å². The van der Waals surface area contributed by atoms with Crippen LogP contribution in [-0.2, 0) is 19.2 Å². The molecule has 3 aliphatic rings. The molecule has 0 radical (unpaired) electrons. The van der Waals surface area contributed by atoms with Gasteiger partial charge in [-0.05, 0) is 86.6 Å². The molecule has 0 bridgehead atoms. The number of hydrogen-bond donors (Lipinski definition) is 4. The number of amides is 2. The van der Waals surface area contributed by atoms with Crippen molar-refractivity contribution in [3.63, 3.8) is 0 Å². The van der Waals surface area contributed by atoms with Crippen LogP contribution in [0.1, 0.15) is 57.6 Å². The minimum absolute atomic E-state index is 0.0971. The lowest BCUT2D eigenvalue weighted by Gasteiger charge is -2.06. The number of hydrogen-bond acceptors (Lipinski definition) is 5. The van der Waals surface area contributed by atoms with Crippen molar-refractivity contribution in [1.29, 1.82) is 0 Å². The fraction of sp³-hybridized carbons (Fsp3) is 0.273. The summed E-state index contributed by atoms with van der Waals surface area (Å²) in [6.45, 7) is 15.0. The SMILES string of the molecule is C=CC1=C(C=c2[nH]c(=CC3=NC(=CC4=NC(=O)C(C)=C4CCC(=O)O)C(CCC(=O)O)=C3C)c(C=C)c2C)NC(=O)C1C. The molecular weight excluding hydrogens is 548 g/mol. The lowest BCUT2D eigenvalue weighted by molar-refractivity contribution is -0.137. The fourth-order valence-electron chi connectivity index (χ4n) is 5.36. The number of allylic oxidation sites excluding steroid dienone is 6. The van der Waals surface area contributed by atoms with Gasteiger partial charge in [-0.2, -0.15) is 0 Å². The van der Waals surface area contributed by atoms with Gasteiger partial charge in [-0.1, -0.05) is 25.3 Å². The van der Waals surface area contributed by atoms with Gasteiger partial charge >= 0.3 is 11.9 Å². The van der Waals surface area contributed by atoms with E-state index in [4.69, 9.17) is 4.99 Å². The molecule has 2 amide bonds. The van der Waals surface area contributed by atoms with Crippen LogP contribution in [0.4, 0.5) is 0 Å². The summed E-state index contributed by atoms with van der Waals surface area (Å²) in [5, 5.41) is 22.9. The van der Waals surface area contributed by atoms with Crippen molar-refractivity contribution in [2.75, 3.05) is 0 Å². The van der Waals surface area contributed by atoms with Crippen molar-refractivity contribution in [2.24, 2.45) is 15.9 Å². The maximum atomic E-state index is 12.4. The van der Waals surface area contributed by atoms with Gasteiger partial charge in [0.2, 0.25) is 5.91 Å². The van der Waals surface area contributed by atoms with Gasteiger partial charge in [-0.25, -0.2) is 9.98 Å². The highest BCUT2D eigenvalue weighted by atomic mass is 16.4. The maximum absolute atomic E-state index is 12.4. The third-order valence-electron chi connectivity index (χ3n) is 7.93. The molecule has 10 nitrogen and oxygen atoms in total. The Morgan fingerprint density at radius 2 is 1.51 bits per heavy atom. The summed E-state index contributed by atoms with van der Waals surface area (Å²) in [4.78, 5) is 59.6. The zero-order valence-corrected chi connectivity index (χ0v) is 24.6. The first-order chi connectivity index (χ1) is 20.4. The summed E-state index contributed by atoms with van der Waals surface area (Å²) in [6.07, 6.45) is 8.81. The molecule has 1 unspecified atom stereocenters. The van der Waals surface area contributed by atoms with E-state index in [2.05, 4.69) is 28.5 Å². The predicted octanol–water partition coefficient (Wildman–Crippen LogP) is 3.42. The van der Waals surface area contributed by atoms with Crippen LogP contribution in [0.3, 0.4) is 0 Å². The number of nitrogens with one attached hydrogen (secondary N) is 2. The van der Waals surface area contributed by atoms with E-state index in [-0.39, 0.29) is 37.5 Å². The number of rotatable bonds is 11. The second-order valence-electron chi connectivity index (χ2n) is 10.6. The topological polar surface area (TPSA) is 161 Å². The normalized spacial score (nSPS) is 20.5. The largest absolute Gasteiger partial charge is 0.481 e. The van der Waals surface area contributed by atoms with Crippen LogP contribution in [0.25, 0.3) is 18.2 Å². The smallest absolute Gasteiger partial charge is 0.303 e. The highest BCUT2D eigenvalue weighted by molar-refractivity contribution is 6.26. The third-order valence-corrected chi connectivity index (χ3v) is 7.93. The number of carbonyl (C=O) groups is 4. The Kier molecular flexibility index (Phi) is 8.89. The van der Waals surface area contributed by atoms with E-state index in [0.29, 0.717) is 39.5 Å². The Morgan fingerprint density at radius 1 is 0.860 bits per heavy atom. The van der Waals surface area contributed by atoms with Crippen molar-refractivity contribution in [2.45, 2.75) is 53.4 Å². The highest BCUT2D eigenvalue weighted by Crippen LogP contribution is 2.32. The van der Waals surface area contributed by atoms with Crippen molar-refractivity contribution in [3.8, 4) is 0 Å². The molecule has 1 aromatic heterocycles. The monoisotopic (exact) mass is 582 g/mol. The Labute approximate surface area is 248 Å². The number of nitrogens with zero attached hydrogens (tertiary/aromatic N) is 2. The Hall–Kier alpha value is -5.12. The van der Waals surface area contributed by atoms with Gasteiger partial charge in [-0.15, -0.1) is 0 Å². The summed E-state index contributed by atoms with van der Waals surface area (Å²) in [6, 6.07) is 0. The third kappa shape index (κ3) is 6.23. The molecule has 43 heavy (non-hydrogen) atoms. The number of carbonyl (C=O) groups excluding carboxylic acids is 2. The van der Waals surface area contributed by atoms with Crippen LogP contribution < -0.4 is 16.0 Å². The molecule has 0 aromatic carbocycles. The Bertz CT molecular complexity index is 1810. The summed E-state index contributed by atoms with van der Waals surface area (Å²) in [7, 11) is 0. The molecule has 222 valence electrons. The van der Waals surface area contributed by atoms with Crippen LogP contribution in [0.2, 0.25) is 0 Å². The number of aromatic nitrogens is 1. The molecule has 0 aliphatic carbocycles. The van der Waals surface area contributed by atoms with Crippen molar-refractivity contribution < 1.29 is 29.4 Å². The summed E-state index contributed by atoms with van der Waals surface area (Å²) in [5.74, 6) is -2.78. The molecule has 3 aliphatic heterocycles. The quantitative estimate of drug-likeness (QED) is 0.313. The average Bonchev–Trinajstić information content (AvgIpc) is 3.59. The number of aromatic amines is 1. The van der Waals surface area contributed by atoms with E-state index < -0.39 is 17.8 Å². The Balaban J connectivity index is 1.83. The van der Waals surface area contributed by atoms with Crippen LogP contribution >= 0.6 is 0 Å². The second kappa shape index (κ2) is 12.4. The molecule has 0 saturated heterocycles. The number of carboxylic acid groups (broad SMARTS) is 2. The average molecular weight is 583 g/mol. The first-order valence-corrected chi connectivity index (χ1v) is 13.9. The maximum Gasteiger partial charge on any atom is 0.303 e. The molecule has 4 rings (SSSR count). The van der Waals surface area contributed by atoms with Crippen molar-refractivity contribution >= 4 is 53.4 Å². The van der Waals surface area contributed by atoms with Crippen LogP contribution in [0.15, 0.2) is 74.6 Å². The summed E-state index contributed by atoms with van der Waals surface area (Å²) in [5.41, 5.74) is 7.02. The van der Waals surface area contributed by atoms with Gasteiger partial charge in [0, 0.05) is 40.4 Å². The number of H-pyrrole nitrogens is 1. The standard InChI is InChI=1S/C33H34N4O6/c1-7-20-16(3)24(14-27-21(8-2)18(5)32(42)36-27)34-26(20)13-25-17(4)22(9-11-30(38)39)28(35-25)15-29-23(10-12-31(40)41)19(6)33(43)37-29/h7-8,13-15,18,34H,1-2,9-12H2,3-6H3,(H,36,42)(H,38,39)(H,40,41). The first-order valence-electron chi connectivity index (χ1n) is 13.9. The van der Waals surface area contributed by atoms with Gasteiger partial charge in [0.05, 0.1) is 23.0 Å². The molecule has 0 fully saturated rings. The molecule has 1 aromatic rings. The van der Waals surface area contributed by atoms with Gasteiger partial charge in [0.1, 0.15) is 0 Å². The number of aliphatic carboxylic acids is 2. The highest BCUT2D eigenvalue weighted by Gasteiger charge is 2.27. The van der Waals surface area contributed by atoms with E-state index >= 15 is 0 Å². The van der Waals surface area contributed by atoms with E-state index in [1.54, 1.807) is 25.2 Å². The summed E-state index contributed by atoms with van der Waals surface area (Å²) < 4.78 is 0. The van der Waals surface area contributed by atoms with Gasteiger partial charge in [-0.3, -0.25) is 19.2 Å². The molecule has 0 saturated carbocycles. The van der Waals surface area contributed by atoms with Gasteiger partial charge in [0.15, 0.2) is 0 Å². The van der Waals surface area contributed by atoms with Crippen molar-refractivity contribution in [1.82, 2.24) is 10.3 Å². The van der Waals surface area contributed by atoms with Crippen molar-refractivity contribution in [3.05, 3.63) is 86.4 Å². The Morgan fingerprint density at radius 3 is 2.12 bits per heavy atom. The molecule has 1 atom stereocenters. The van der Waals surface area contributed by atoms with Crippen LogP contribution in [0.5, 0.6) is 0 Å². The van der Waals surface area contributed by atoms with E-state index in [0.717, 1.165) is 33.0 Å². The lowest BCUT2D eigenvalue weighted by Crippen LogP contribution is -2.20. The molecule has 4 N–H and O–H groups in total. The fourth-order valence-corrected chi connectivity index (χ4v) is 5.36. The number of carboxylic acids is 2.